The maximum atomic E-state index is 14.0. The maximum absolute atomic E-state index is 14.0. The predicted molar refractivity (Wildman–Crippen MR) is 125 cm³/mol. The van der Waals surface area contributed by atoms with E-state index in [1.165, 1.54) is 6.20 Å². The fraction of sp³-hybridized carbons (Fsp3) is 0.320. The van der Waals surface area contributed by atoms with Crippen LogP contribution in [0.3, 0.4) is 0 Å². The number of amides is 2. The number of fused-ring (bicyclic) bond motifs is 1. The molecule has 2 unspecified atom stereocenters. The van der Waals surface area contributed by atoms with E-state index in [9.17, 15) is 9.59 Å². The van der Waals surface area contributed by atoms with Gasteiger partial charge >= 0.3 is 0 Å². The molecule has 33 heavy (non-hydrogen) atoms. The molecule has 2 N–H and O–H groups in total. The SMILES string of the molecule is CN(C)CC1COc2ccccc2CN1C(=O)C(Cc1ccccc1)NC(=O)c1ccn[nH]1. The van der Waals surface area contributed by atoms with Gasteiger partial charge in [-0.1, -0.05) is 48.5 Å². The number of aromatic amines is 1. The molecule has 1 aliphatic rings. The zero-order valence-electron chi connectivity index (χ0n) is 18.9. The lowest BCUT2D eigenvalue weighted by Gasteiger charge is -2.34. The molecular weight excluding hydrogens is 418 g/mol. The second-order valence-corrected chi connectivity index (χ2v) is 8.49. The number of rotatable bonds is 7. The van der Waals surface area contributed by atoms with Gasteiger partial charge in [-0.25, -0.2) is 0 Å². The minimum atomic E-state index is -0.738. The van der Waals surface area contributed by atoms with E-state index in [0.717, 1.165) is 16.9 Å². The second-order valence-electron chi connectivity index (χ2n) is 8.49. The van der Waals surface area contributed by atoms with Gasteiger partial charge in [0.2, 0.25) is 5.91 Å². The third-order valence-corrected chi connectivity index (χ3v) is 5.68. The molecule has 0 saturated heterocycles. The fourth-order valence-electron chi connectivity index (χ4n) is 4.06. The van der Waals surface area contributed by atoms with Crippen LogP contribution in [0, 0.1) is 0 Å². The van der Waals surface area contributed by atoms with Gasteiger partial charge in [-0.2, -0.15) is 5.10 Å². The lowest BCUT2D eigenvalue weighted by atomic mass is 10.0. The number of benzene rings is 2. The van der Waals surface area contributed by atoms with Crippen LogP contribution in [0.2, 0.25) is 0 Å². The molecule has 0 aliphatic carbocycles. The normalized spacial score (nSPS) is 16.5. The highest BCUT2D eigenvalue weighted by Crippen LogP contribution is 2.26. The van der Waals surface area contributed by atoms with Crippen molar-refractivity contribution in [1.82, 2.24) is 25.3 Å². The number of ether oxygens (including phenoxy) is 1. The topological polar surface area (TPSA) is 90.6 Å². The lowest BCUT2D eigenvalue weighted by molar-refractivity contribution is -0.137. The molecule has 0 bridgehead atoms. The van der Waals surface area contributed by atoms with Crippen LogP contribution in [0.15, 0.2) is 66.9 Å². The molecule has 1 aromatic heterocycles. The summed E-state index contributed by atoms with van der Waals surface area (Å²) in [6.45, 7) is 1.44. The molecule has 2 atom stereocenters. The molecule has 0 saturated carbocycles. The average molecular weight is 448 g/mol. The van der Waals surface area contributed by atoms with Crippen LogP contribution < -0.4 is 10.1 Å². The predicted octanol–water partition coefficient (Wildman–Crippen LogP) is 2.10. The van der Waals surface area contributed by atoms with Gasteiger partial charge in [-0.05, 0) is 31.8 Å². The summed E-state index contributed by atoms with van der Waals surface area (Å²) in [7, 11) is 3.95. The Balaban J connectivity index is 1.64. The molecule has 0 fully saturated rings. The Kier molecular flexibility index (Phi) is 7.04. The fourth-order valence-corrected chi connectivity index (χ4v) is 4.06. The van der Waals surface area contributed by atoms with E-state index in [2.05, 4.69) is 15.5 Å². The van der Waals surface area contributed by atoms with Crippen molar-refractivity contribution in [2.24, 2.45) is 0 Å². The lowest BCUT2D eigenvalue weighted by Crippen LogP contribution is -2.55. The number of carbonyl (C=O) groups excluding carboxylic acids is 2. The van der Waals surface area contributed by atoms with Crippen LogP contribution >= 0.6 is 0 Å². The van der Waals surface area contributed by atoms with Gasteiger partial charge in [-0.15, -0.1) is 0 Å². The van der Waals surface area contributed by atoms with Crippen molar-refractivity contribution in [3.05, 3.63) is 83.7 Å². The molecule has 172 valence electrons. The van der Waals surface area contributed by atoms with E-state index in [1.807, 2.05) is 78.5 Å². The molecule has 2 heterocycles. The van der Waals surface area contributed by atoms with E-state index < -0.39 is 6.04 Å². The number of hydrogen-bond donors (Lipinski definition) is 2. The van der Waals surface area contributed by atoms with Gasteiger partial charge in [0.15, 0.2) is 0 Å². The minimum Gasteiger partial charge on any atom is -0.491 e. The summed E-state index contributed by atoms with van der Waals surface area (Å²) >= 11 is 0. The zero-order valence-corrected chi connectivity index (χ0v) is 18.9. The van der Waals surface area contributed by atoms with Crippen molar-refractivity contribution in [3.8, 4) is 5.75 Å². The minimum absolute atomic E-state index is 0.140. The van der Waals surface area contributed by atoms with E-state index in [1.54, 1.807) is 6.07 Å². The quantitative estimate of drug-likeness (QED) is 0.579. The number of likely N-dealkylation sites (N-methyl/N-ethyl adjacent to an activating group) is 1. The number of H-pyrrole nitrogens is 1. The molecule has 1 aliphatic heterocycles. The van der Waals surface area contributed by atoms with Crippen LogP contribution in [0.25, 0.3) is 0 Å². The van der Waals surface area contributed by atoms with Crippen LogP contribution in [-0.4, -0.2) is 71.1 Å². The Morgan fingerprint density at radius 1 is 1.15 bits per heavy atom. The highest BCUT2D eigenvalue weighted by molar-refractivity contribution is 5.96. The van der Waals surface area contributed by atoms with Crippen molar-refractivity contribution < 1.29 is 14.3 Å². The van der Waals surface area contributed by atoms with Crippen molar-refractivity contribution in [1.29, 1.82) is 0 Å². The summed E-state index contributed by atoms with van der Waals surface area (Å²) in [5, 5.41) is 9.44. The highest BCUT2D eigenvalue weighted by Gasteiger charge is 2.34. The van der Waals surface area contributed by atoms with Gasteiger partial charge in [0.05, 0.1) is 6.04 Å². The third-order valence-electron chi connectivity index (χ3n) is 5.68. The Morgan fingerprint density at radius 3 is 2.64 bits per heavy atom. The van der Waals surface area contributed by atoms with Gasteiger partial charge in [-0.3, -0.25) is 14.7 Å². The van der Waals surface area contributed by atoms with Crippen molar-refractivity contribution in [3.63, 3.8) is 0 Å². The molecular formula is C25H29N5O3. The number of carbonyl (C=O) groups is 2. The van der Waals surface area contributed by atoms with Crippen LogP contribution in [0.1, 0.15) is 21.6 Å². The summed E-state index contributed by atoms with van der Waals surface area (Å²) < 4.78 is 6.06. The maximum Gasteiger partial charge on any atom is 0.269 e. The Labute approximate surface area is 193 Å². The van der Waals surface area contributed by atoms with Gasteiger partial charge in [0.1, 0.15) is 24.1 Å². The summed E-state index contributed by atoms with van der Waals surface area (Å²) in [4.78, 5) is 30.7. The number of nitrogens with one attached hydrogen (secondary N) is 2. The summed E-state index contributed by atoms with van der Waals surface area (Å²) in [5.41, 5.74) is 2.23. The van der Waals surface area contributed by atoms with Crippen LogP contribution in [-0.2, 0) is 17.8 Å². The first kappa shape index (κ1) is 22.5. The van der Waals surface area contributed by atoms with Crippen molar-refractivity contribution >= 4 is 11.8 Å². The summed E-state index contributed by atoms with van der Waals surface area (Å²) in [6.07, 6.45) is 1.90. The number of aromatic nitrogens is 2. The molecule has 8 heteroatoms. The average Bonchev–Trinajstić information content (AvgIpc) is 3.30. The Bertz CT molecular complexity index is 1070. The van der Waals surface area contributed by atoms with E-state index in [-0.39, 0.29) is 17.9 Å². The first-order valence-corrected chi connectivity index (χ1v) is 11.0. The standard InChI is InChI=1S/C25H29N5O3/c1-29(2)16-20-17-33-23-11-7-6-10-19(23)15-30(20)25(32)22(14-18-8-4-3-5-9-18)27-24(31)21-12-13-26-28-21/h3-13,20,22H,14-17H2,1-2H3,(H,26,28)(H,27,31). The molecule has 0 spiro atoms. The monoisotopic (exact) mass is 447 g/mol. The van der Waals surface area contributed by atoms with E-state index in [0.29, 0.717) is 31.8 Å². The smallest absolute Gasteiger partial charge is 0.269 e. The third kappa shape index (κ3) is 5.59. The number of nitrogens with zero attached hydrogens (tertiary/aromatic N) is 3. The summed E-state index contributed by atoms with van der Waals surface area (Å²) in [6, 6.07) is 18.2. The first-order valence-electron chi connectivity index (χ1n) is 11.0. The van der Waals surface area contributed by atoms with Gasteiger partial charge in [0.25, 0.3) is 5.91 Å². The van der Waals surface area contributed by atoms with E-state index in [4.69, 9.17) is 4.74 Å². The zero-order chi connectivity index (χ0) is 23.2. The molecule has 3 aromatic rings. The van der Waals surface area contributed by atoms with E-state index >= 15 is 0 Å². The molecule has 2 aromatic carbocycles. The Hall–Kier alpha value is -3.65. The Morgan fingerprint density at radius 2 is 1.91 bits per heavy atom. The molecule has 4 rings (SSSR count). The van der Waals surface area contributed by atoms with Crippen LogP contribution in [0.4, 0.5) is 0 Å². The molecule has 2 amide bonds. The van der Waals surface area contributed by atoms with Crippen LogP contribution in [0.5, 0.6) is 5.75 Å². The second kappa shape index (κ2) is 10.3. The van der Waals surface area contributed by atoms with Crippen molar-refractivity contribution in [2.75, 3.05) is 27.2 Å². The largest absolute Gasteiger partial charge is 0.491 e. The highest BCUT2D eigenvalue weighted by atomic mass is 16.5. The number of para-hydroxylation sites is 1. The number of hydrogen-bond acceptors (Lipinski definition) is 5. The molecule has 0 radical (unpaired) electrons. The van der Waals surface area contributed by atoms with Gasteiger partial charge in [0, 0.05) is 31.3 Å². The first-order chi connectivity index (χ1) is 16.0. The van der Waals surface area contributed by atoms with Gasteiger partial charge < -0.3 is 19.9 Å². The molecule has 8 nitrogen and oxygen atoms in total. The van der Waals surface area contributed by atoms with Crippen molar-refractivity contribution in [2.45, 2.75) is 25.0 Å². The summed E-state index contributed by atoms with van der Waals surface area (Å²) in [5.74, 6) is 0.286.